The van der Waals surface area contributed by atoms with Gasteiger partial charge >= 0.3 is 0 Å². The van der Waals surface area contributed by atoms with E-state index >= 15 is 0 Å². The fourth-order valence-electron chi connectivity index (χ4n) is 1.79. The van der Waals surface area contributed by atoms with Crippen molar-refractivity contribution in [3.05, 3.63) is 24.5 Å². The van der Waals surface area contributed by atoms with Crippen LogP contribution in [0.2, 0.25) is 0 Å². The number of nitrogen functional groups attached to an aromatic ring is 1. The van der Waals surface area contributed by atoms with E-state index in [1.165, 1.54) is 13.4 Å². The molecule has 0 amide bonds. The quantitative estimate of drug-likeness (QED) is 0.544. The number of hydrogen-bond donors (Lipinski definition) is 3. The summed E-state index contributed by atoms with van der Waals surface area (Å²) in [6.07, 6.45) is 1.37. The molecule has 0 aliphatic heterocycles. The van der Waals surface area contributed by atoms with Crippen LogP contribution in [0, 0.1) is 0 Å². The molecule has 0 atom stereocenters. The number of hydrazine groups is 1. The van der Waals surface area contributed by atoms with Gasteiger partial charge in [-0.25, -0.2) is 15.8 Å². The molecule has 0 radical (unpaired) electrons. The SMILES string of the molecule is COc1ccc(Nc2ncnc(NN)c2OC)c(OC)c1. The number of aromatic nitrogens is 2. The first-order valence-electron chi connectivity index (χ1n) is 6.08. The van der Waals surface area contributed by atoms with Gasteiger partial charge in [0.1, 0.15) is 17.8 Å². The minimum atomic E-state index is 0.377. The van der Waals surface area contributed by atoms with Gasteiger partial charge in [-0.3, -0.25) is 0 Å². The normalized spacial score (nSPS) is 9.90. The van der Waals surface area contributed by atoms with E-state index in [1.807, 2.05) is 6.07 Å². The Morgan fingerprint density at radius 1 is 1.00 bits per heavy atom. The topological polar surface area (TPSA) is 104 Å². The molecule has 8 nitrogen and oxygen atoms in total. The third-order valence-electron chi connectivity index (χ3n) is 2.81. The highest BCUT2D eigenvalue weighted by atomic mass is 16.5. The summed E-state index contributed by atoms with van der Waals surface area (Å²) in [7, 11) is 4.68. The molecule has 8 heteroatoms. The fraction of sp³-hybridized carbons (Fsp3) is 0.231. The highest BCUT2D eigenvalue weighted by Crippen LogP contribution is 2.35. The van der Waals surface area contributed by atoms with Gasteiger partial charge in [0.05, 0.1) is 27.0 Å². The minimum absolute atomic E-state index is 0.377. The molecule has 0 bridgehead atoms. The molecular weight excluding hydrogens is 274 g/mol. The van der Waals surface area contributed by atoms with E-state index < -0.39 is 0 Å². The van der Waals surface area contributed by atoms with Crippen molar-refractivity contribution >= 4 is 17.3 Å². The highest BCUT2D eigenvalue weighted by molar-refractivity contribution is 5.72. The number of benzene rings is 1. The lowest BCUT2D eigenvalue weighted by Crippen LogP contribution is -2.11. The number of nitrogens with two attached hydrogens (primary N) is 1. The van der Waals surface area contributed by atoms with Crippen LogP contribution in [0.25, 0.3) is 0 Å². The van der Waals surface area contributed by atoms with E-state index in [-0.39, 0.29) is 0 Å². The van der Waals surface area contributed by atoms with Crippen molar-refractivity contribution in [2.45, 2.75) is 0 Å². The van der Waals surface area contributed by atoms with E-state index in [2.05, 4.69) is 20.7 Å². The maximum Gasteiger partial charge on any atom is 0.205 e. The van der Waals surface area contributed by atoms with Crippen LogP contribution in [-0.2, 0) is 0 Å². The zero-order chi connectivity index (χ0) is 15.2. The summed E-state index contributed by atoms with van der Waals surface area (Å²) >= 11 is 0. The number of methoxy groups -OCH3 is 3. The molecule has 0 saturated heterocycles. The second-order valence-electron chi connectivity index (χ2n) is 3.94. The molecule has 2 rings (SSSR count). The molecular formula is C13H17N5O3. The molecule has 2 aromatic rings. The van der Waals surface area contributed by atoms with E-state index in [0.29, 0.717) is 34.6 Å². The lowest BCUT2D eigenvalue weighted by Gasteiger charge is -2.15. The highest BCUT2D eigenvalue weighted by Gasteiger charge is 2.13. The molecule has 1 aromatic heterocycles. The number of rotatable bonds is 6. The molecule has 1 aromatic carbocycles. The van der Waals surface area contributed by atoms with Crippen LogP contribution in [0.15, 0.2) is 24.5 Å². The number of anilines is 3. The fourth-order valence-corrected chi connectivity index (χ4v) is 1.79. The van der Waals surface area contributed by atoms with Gasteiger partial charge in [0.15, 0.2) is 11.6 Å². The van der Waals surface area contributed by atoms with Gasteiger partial charge < -0.3 is 25.0 Å². The van der Waals surface area contributed by atoms with Crippen molar-refractivity contribution in [1.82, 2.24) is 9.97 Å². The van der Waals surface area contributed by atoms with Crippen molar-refractivity contribution in [3.8, 4) is 17.2 Å². The van der Waals surface area contributed by atoms with Crippen LogP contribution < -0.4 is 30.8 Å². The van der Waals surface area contributed by atoms with Gasteiger partial charge in [-0.05, 0) is 12.1 Å². The molecule has 0 unspecified atom stereocenters. The van der Waals surface area contributed by atoms with Crippen molar-refractivity contribution in [3.63, 3.8) is 0 Å². The Hall–Kier alpha value is -2.74. The van der Waals surface area contributed by atoms with Gasteiger partial charge in [0.2, 0.25) is 5.75 Å². The summed E-state index contributed by atoms with van der Waals surface area (Å²) in [5.74, 6) is 7.93. The molecule has 4 N–H and O–H groups in total. The summed E-state index contributed by atoms with van der Waals surface area (Å²) in [5, 5.41) is 3.12. The van der Waals surface area contributed by atoms with Crippen molar-refractivity contribution in [1.29, 1.82) is 0 Å². The van der Waals surface area contributed by atoms with E-state index in [9.17, 15) is 0 Å². The maximum atomic E-state index is 5.39. The van der Waals surface area contributed by atoms with Crippen LogP contribution in [-0.4, -0.2) is 31.3 Å². The monoisotopic (exact) mass is 291 g/mol. The number of ether oxygens (including phenoxy) is 3. The third kappa shape index (κ3) is 3.06. The Balaban J connectivity index is 2.38. The zero-order valence-electron chi connectivity index (χ0n) is 12.0. The minimum Gasteiger partial charge on any atom is -0.497 e. The van der Waals surface area contributed by atoms with Crippen molar-refractivity contribution < 1.29 is 14.2 Å². The molecule has 0 aliphatic rings. The van der Waals surface area contributed by atoms with E-state index in [0.717, 1.165) is 0 Å². The van der Waals surface area contributed by atoms with Crippen LogP contribution in [0.3, 0.4) is 0 Å². The maximum absolute atomic E-state index is 5.39. The average Bonchev–Trinajstić information content (AvgIpc) is 2.54. The molecule has 21 heavy (non-hydrogen) atoms. The first-order valence-corrected chi connectivity index (χ1v) is 6.08. The van der Waals surface area contributed by atoms with Gasteiger partial charge in [-0.1, -0.05) is 0 Å². The first kappa shape index (κ1) is 14.7. The molecule has 0 saturated carbocycles. The predicted octanol–water partition coefficient (Wildman–Crippen LogP) is 1.53. The number of hydrogen-bond acceptors (Lipinski definition) is 8. The lowest BCUT2D eigenvalue weighted by atomic mass is 10.2. The molecule has 0 fully saturated rings. The van der Waals surface area contributed by atoms with Gasteiger partial charge in [0.25, 0.3) is 0 Å². The van der Waals surface area contributed by atoms with E-state index in [4.69, 9.17) is 20.1 Å². The Morgan fingerprint density at radius 2 is 1.76 bits per heavy atom. The smallest absolute Gasteiger partial charge is 0.205 e. The standard InChI is InChI=1S/C13H17N5O3/c1-19-8-4-5-9(10(6-8)20-2)17-12-11(21-3)13(18-14)16-7-15-12/h4-7H,14H2,1-3H3,(H2,15,16,17,18). The summed E-state index contributed by atoms with van der Waals surface area (Å²) in [6.45, 7) is 0. The Labute approximate surface area is 122 Å². The Bertz CT molecular complexity index is 621. The second-order valence-corrected chi connectivity index (χ2v) is 3.94. The average molecular weight is 291 g/mol. The van der Waals surface area contributed by atoms with Gasteiger partial charge in [-0.15, -0.1) is 0 Å². The van der Waals surface area contributed by atoms with Crippen molar-refractivity contribution in [2.24, 2.45) is 5.84 Å². The zero-order valence-corrected chi connectivity index (χ0v) is 12.0. The van der Waals surface area contributed by atoms with E-state index in [1.54, 1.807) is 26.4 Å². The van der Waals surface area contributed by atoms with Gasteiger partial charge in [-0.2, -0.15) is 0 Å². The summed E-state index contributed by atoms with van der Waals surface area (Å²) in [5.41, 5.74) is 3.16. The Morgan fingerprint density at radius 3 is 2.38 bits per heavy atom. The second kappa shape index (κ2) is 6.62. The van der Waals surface area contributed by atoms with Crippen molar-refractivity contribution in [2.75, 3.05) is 32.1 Å². The Kier molecular flexibility index (Phi) is 4.62. The molecule has 0 aliphatic carbocycles. The largest absolute Gasteiger partial charge is 0.497 e. The summed E-state index contributed by atoms with van der Waals surface area (Å²) in [6, 6.07) is 5.38. The molecule has 1 heterocycles. The molecule has 112 valence electrons. The summed E-state index contributed by atoms with van der Waals surface area (Å²) in [4.78, 5) is 8.12. The predicted molar refractivity (Wildman–Crippen MR) is 79.2 cm³/mol. The summed E-state index contributed by atoms with van der Waals surface area (Å²) < 4.78 is 15.7. The molecule has 0 spiro atoms. The number of nitrogens with one attached hydrogen (secondary N) is 2. The van der Waals surface area contributed by atoms with Crippen LogP contribution in [0.4, 0.5) is 17.3 Å². The van der Waals surface area contributed by atoms with Crippen LogP contribution >= 0.6 is 0 Å². The van der Waals surface area contributed by atoms with Crippen LogP contribution in [0.1, 0.15) is 0 Å². The van der Waals surface area contributed by atoms with Crippen LogP contribution in [0.5, 0.6) is 17.2 Å². The van der Waals surface area contributed by atoms with Gasteiger partial charge in [0, 0.05) is 6.07 Å². The third-order valence-corrected chi connectivity index (χ3v) is 2.81. The first-order chi connectivity index (χ1) is 10.2. The number of nitrogens with zero attached hydrogens (tertiary/aromatic N) is 2. The lowest BCUT2D eigenvalue weighted by molar-refractivity contribution is 0.395.